The molecule has 0 fully saturated rings. The average molecular weight is 394 g/mol. The quantitative estimate of drug-likeness (QED) is 0.745. The molecule has 5 nitrogen and oxygen atoms in total. The summed E-state index contributed by atoms with van der Waals surface area (Å²) in [7, 11) is 1.31. The van der Waals surface area contributed by atoms with Crippen LogP contribution in [0.4, 0.5) is 0 Å². The van der Waals surface area contributed by atoms with E-state index in [9.17, 15) is 9.59 Å². The molecule has 7 heteroatoms. The van der Waals surface area contributed by atoms with Gasteiger partial charge in [0.15, 0.2) is 6.61 Å². The second-order valence-corrected chi connectivity index (χ2v) is 6.74. The van der Waals surface area contributed by atoms with Crippen molar-refractivity contribution >= 4 is 35.1 Å². The maximum Gasteiger partial charge on any atom is 0.328 e. The minimum atomic E-state index is -0.680. The van der Waals surface area contributed by atoms with Gasteiger partial charge >= 0.3 is 5.97 Å². The Morgan fingerprint density at radius 2 is 1.88 bits per heavy atom. The predicted octanol–water partition coefficient (Wildman–Crippen LogP) is 3.50. The van der Waals surface area contributed by atoms with Gasteiger partial charge in [-0.3, -0.25) is 4.79 Å². The topological polar surface area (TPSA) is 55.8 Å². The number of carbonyl (C=O) groups is 2. The zero-order valence-electron chi connectivity index (χ0n) is 14.1. The fraction of sp³-hybridized carbons (Fsp3) is 0.263. The molecule has 26 heavy (non-hydrogen) atoms. The summed E-state index contributed by atoms with van der Waals surface area (Å²) >= 11 is 12.0. The molecule has 0 bridgehead atoms. The average Bonchev–Trinajstić information content (AvgIpc) is 2.66. The Labute approximate surface area is 161 Å². The summed E-state index contributed by atoms with van der Waals surface area (Å²) in [5.74, 6) is -0.459. The van der Waals surface area contributed by atoms with Gasteiger partial charge in [-0.1, -0.05) is 47.5 Å². The molecule has 0 aromatic heterocycles. The number of halogens is 2. The van der Waals surface area contributed by atoms with Crippen LogP contribution in [0.5, 0.6) is 5.75 Å². The van der Waals surface area contributed by atoms with Gasteiger partial charge < -0.3 is 14.4 Å². The Balaban J connectivity index is 1.77. The number of esters is 1. The van der Waals surface area contributed by atoms with E-state index in [1.165, 1.54) is 12.0 Å². The maximum absolute atomic E-state index is 12.7. The van der Waals surface area contributed by atoms with Crippen LogP contribution < -0.4 is 4.74 Å². The van der Waals surface area contributed by atoms with Gasteiger partial charge in [0.05, 0.1) is 12.1 Å². The summed E-state index contributed by atoms with van der Waals surface area (Å²) in [4.78, 5) is 26.4. The van der Waals surface area contributed by atoms with Crippen molar-refractivity contribution in [1.29, 1.82) is 0 Å². The fourth-order valence-corrected chi connectivity index (χ4v) is 3.28. The summed E-state index contributed by atoms with van der Waals surface area (Å²) in [5, 5.41) is 0.812. The molecule has 1 heterocycles. The molecule has 0 N–H and O–H groups in total. The first kappa shape index (κ1) is 18.5. The van der Waals surface area contributed by atoms with E-state index in [1.807, 2.05) is 24.3 Å². The molecule has 0 saturated carbocycles. The van der Waals surface area contributed by atoms with Crippen LogP contribution in [0.25, 0.3) is 0 Å². The molecule has 0 spiro atoms. The first-order chi connectivity index (χ1) is 12.5. The van der Waals surface area contributed by atoms with Crippen molar-refractivity contribution in [3.05, 3.63) is 63.6 Å². The maximum atomic E-state index is 12.7. The number of ether oxygens (including phenoxy) is 2. The van der Waals surface area contributed by atoms with E-state index in [1.54, 1.807) is 18.2 Å². The molecule has 3 rings (SSSR count). The molecule has 1 atom stereocenters. The number of carbonyl (C=O) groups excluding carboxylic acids is 2. The van der Waals surface area contributed by atoms with Crippen molar-refractivity contribution in [2.45, 2.75) is 19.0 Å². The van der Waals surface area contributed by atoms with Gasteiger partial charge in [-0.25, -0.2) is 4.79 Å². The summed E-state index contributed by atoms with van der Waals surface area (Å²) in [6.07, 6.45) is 0.409. The first-order valence-corrected chi connectivity index (χ1v) is 8.77. The fourth-order valence-electron chi connectivity index (χ4n) is 2.94. The van der Waals surface area contributed by atoms with Gasteiger partial charge in [0.1, 0.15) is 11.8 Å². The van der Waals surface area contributed by atoms with Crippen molar-refractivity contribution in [1.82, 2.24) is 4.90 Å². The summed E-state index contributed by atoms with van der Waals surface area (Å²) < 4.78 is 10.4. The SMILES string of the molecule is COC(=O)[C@@H]1Cc2ccccc2CN1C(=O)COc1cc(Cl)ccc1Cl. The van der Waals surface area contributed by atoms with Gasteiger partial charge in [-0.2, -0.15) is 0 Å². The largest absolute Gasteiger partial charge is 0.482 e. The highest BCUT2D eigenvalue weighted by Crippen LogP contribution is 2.28. The zero-order valence-corrected chi connectivity index (χ0v) is 15.6. The van der Waals surface area contributed by atoms with Gasteiger partial charge in [0, 0.05) is 24.1 Å². The number of hydrogen-bond acceptors (Lipinski definition) is 4. The van der Waals surface area contributed by atoms with E-state index in [2.05, 4.69) is 0 Å². The Morgan fingerprint density at radius 1 is 1.15 bits per heavy atom. The van der Waals surface area contributed by atoms with Crippen LogP contribution >= 0.6 is 23.2 Å². The minimum Gasteiger partial charge on any atom is -0.482 e. The van der Waals surface area contributed by atoms with Crippen LogP contribution in [0.1, 0.15) is 11.1 Å². The Kier molecular flexibility index (Phi) is 5.69. The second kappa shape index (κ2) is 7.98. The summed E-state index contributed by atoms with van der Waals surface area (Å²) in [5.41, 5.74) is 2.03. The molecule has 2 aromatic rings. The van der Waals surface area contributed by atoms with Crippen LogP contribution in [-0.4, -0.2) is 36.5 Å². The molecule has 0 saturated heterocycles. The van der Waals surface area contributed by atoms with E-state index in [-0.39, 0.29) is 12.5 Å². The monoisotopic (exact) mass is 393 g/mol. The number of hydrogen-bond donors (Lipinski definition) is 0. The van der Waals surface area contributed by atoms with E-state index < -0.39 is 12.0 Å². The zero-order chi connectivity index (χ0) is 18.7. The number of rotatable bonds is 4. The minimum absolute atomic E-state index is 0.254. The van der Waals surface area contributed by atoms with Crippen LogP contribution in [0, 0.1) is 0 Å². The highest BCUT2D eigenvalue weighted by atomic mass is 35.5. The van der Waals surface area contributed by atoms with Crippen LogP contribution in [0.2, 0.25) is 10.0 Å². The lowest BCUT2D eigenvalue weighted by molar-refractivity contribution is -0.154. The molecule has 0 aliphatic carbocycles. The number of amides is 1. The molecule has 2 aromatic carbocycles. The smallest absolute Gasteiger partial charge is 0.328 e. The molecule has 1 amide bonds. The van der Waals surface area contributed by atoms with Gasteiger partial charge in [-0.05, 0) is 23.3 Å². The van der Waals surface area contributed by atoms with Gasteiger partial charge in [-0.15, -0.1) is 0 Å². The van der Waals surface area contributed by atoms with E-state index >= 15 is 0 Å². The lowest BCUT2D eigenvalue weighted by Crippen LogP contribution is -2.50. The lowest BCUT2D eigenvalue weighted by Gasteiger charge is -2.35. The molecular formula is C19H17Cl2NO4. The lowest BCUT2D eigenvalue weighted by atomic mass is 9.94. The molecular weight excluding hydrogens is 377 g/mol. The predicted molar refractivity (Wildman–Crippen MR) is 98.5 cm³/mol. The normalized spacial score (nSPS) is 16.0. The van der Waals surface area contributed by atoms with Crippen LogP contribution in [-0.2, 0) is 27.3 Å². The standard InChI is InChI=1S/C19H17Cl2NO4/c1-25-19(24)16-8-12-4-2-3-5-13(12)10-22(16)18(23)11-26-17-9-14(20)6-7-15(17)21/h2-7,9,16H,8,10-11H2,1H3/t16-/m0/s1. The number of methoxy groups -OCH3 is 1. The van der Waals surface area contributed by atoms with Crippen LogP contribution in [0.3, 0.4) is 0 Å². The van der Waals surface area contributed by atoms with Crippen molar-refractivity contribution in [3.63, 3.8) is 0 Å². The van der Waals surface area contributed by atoms with Crippen LogP contribution in [0.15, 0.2) is 42.5 Å². The second-order valence-electron chi connectivity index (χ2n) is 5.90. The molecule has 0 unspecified atom stereocenters. The van der Waals surface area contributed by atoms with Crippen molar-refractivity contribution in [2.24, 2.45) is 0 Å². The molecule has 0 radical (unpaired) electrons. The number of nitrogens with zero attached hydrogens (tertiary/aromatic N) is 1. The molecule has 1 aliphatic heterocycles. The Morgan fingerprint density at radius 3 is 2.62 bits per heavy atom. The summed E-state index contributed by atoms with van der Waals surface area (Å²) in [6, 6.07) is 11.8. The van der Waals surface area contributed by atoms with Crippen molar-refractivity contribution in [2.75, 3.05) is 13.7 Å². The molecule has 1 aliphatic rings. The van der Waals surface area contributed by atoms with Gasteiger partial charge in [0.2, 0.25) is 0 Å². The first-order valence-electron chi connectivity index (χ1n) is 8.01. The third-order valence-electron chi connectivity index (χ3n) is 4.29. The van der Waals surface area contributed by atoms with Crippen molar-refractivity contribution < 1.29 is 19.1 Å². The third-order valence-corrected chi connectivity index (χ3v) is 4.83. The summed E-state index contributed by atoms with van der Waals surface area (Å²) in [6.45, 7) is 0.0666. The van der Waals surface area contributed by atoms with E-state index in [0.717, 1.165) is 11.1 Å². The highest BCUT2D eigenvalue weighted by molar-refractivity contribution is 6.34. The van der Waals surface area contributed by atoms with Gasteiger partial charge in [0.25, 0.3) is 5.91 Å². The number of benzene rings is 2. The molecule has 136 valence electrons. The highest BCUT2D eigenvalue weighted by Gasteiger charge is 2.35. The third kappa shape index (κ3) is 3.94. The Bertz CT molecular complexity index is 840. The Hall–Kier alpha value is -2.24. The number of fused-ring (bicyclic) bond motifs is 1. The van der Waals surface area contributed by atoms with E-state index in [0.29, 0.717) is 28.8 Å². The van der Waals surface area contributed by atoms with Crippen molar-refractivity contribution in [3.8, 4) is 5.75 Å². The van der Waals surface area contributed by atoms with E-state index in [4.69, 9.17) is 32.7 Å².